The average molecular weight is 1570 g/mol. The summed E-state index contributed by atoms with van der Waals surface area (Å²) in [6.07, 6.45) is 14.7. The van der Waals surface area contributed by atoms with Crippen molar-refractivity contribution in [2.24, 2.45) is 0 Å². The molecule has 0 radical (unpaired) electrons. The lowest BCUT2D eigenvalue weighted by Crippen LogP contribution is -2.44. The Morgan fingerprint density at radius 1 is 0.452 bits per heavy atom. The second kappa shape index (κ2) is 37.4. The van der Waals surface area contributed by atoms with Gasteiger partial charge in [0.1, 0.15) is 0 Å². The summed E-state index contributed by atoms with van der Waals surface area (Å²) in [5.41, 5.74) is 21.4. The Kier molecular flexibility index (Phi) is 25.8. The van der Waals surface area contributed by atoms with Crippen LogP contribution in [-0.2, 0) is 23.9 Å². The van der Waals surface area contributed by atoms with Gasteiger partial charge < -0.3 is 71.2 Å². The van der Waals surface area contributed by atoms with E-state index in [1.807, 2.05) is 100 Å². The highest BCUT2D eigenvalue weighted by Crippen LogP contribution is 2.37. The number of allylic oxidation sites excluding steroid dienone is 1. The second-order valence-electron chi connectivity index (χ2n) is 28.7. The Bertz CT molecular complexity index is 5370. The van der Waals surface area contributed by atoms with Crippen LogP contribution in [0, 0.1) is 0 Å². The number of carbonyl (C=O) groups excluding carboxylic acids is 3. The first-order chi connectivity index (χ1) is 56.1. The van der Waals surface area contributed by atoms with Gasteiger partial charge in [-0.1, -0.05) is 56.1 Å². The van der Waals surface area contributed by atoms with E-state index in [9.17, 15) is 14.4 Å². The first-order valence-corrected chi connectivity index (χ1v) is 39.1. The topological polar surface area (TPSA) is 317 Å². The molecule has 29 nitrogen and oxygen atoms in total. The summed E-state index contributed by atoms with van der Waals surface area (Å²) in [4.78, 5) is 76.3. The van der Waals surface area contributed by atoms with Crippen LogP contribution in [0.2, 0.25) is 0 Å². The van der Waals surface area contributed by atoms with Crippen molar-refractivity contribution in [2.75, 3.05) is 160 Å². The Hall–Kier alpha value is -12.5. The van der Waals surface area contributed by atoms with Gasteiger partial charge in [-0.15, -0.1) is 0 Å². The van der Waals surface area contributed by atoms with Gasteiger partial charge in [0.2, 0.25) is 34.9 Å². The Balaban J connectivity index is 0.000000139. The highest BCUT2D eigenvalue weighted by Gasteiger charge is 2.27. The largest absolute Gasteiger partial charge is 0.399 e. The van der Waals surface area contributed by atoms with Crippen LogP contribution in [0.15, 0.2) is 202 Å². The second-order valence-corrected chi connectivity index (χ2v) is 29.1. The number of hydrogen-bond donors (Lipinski definition) is 7. The van der Waals surface area contributed by atoms with Gasteiger partial charge in [-0.05, 0) is 199 Å². The standard InChI is InChI=1S/C30H34N8O2.C27H32N8O.C25H26N8O.C3H3ClO/c1-3-26(39)32-23-8-6-7-21(19-23)28-25-20-31-38(27-9-4-5-18-40-27)29(25)35-30(34-28)33-22-10-12-24(13-11-22)37-16-14-36(2)15-17-37;1-33-12-14-34(15-13-33)22-10-8-21(9-11-22)30-27-31-25(19-5-4-6-20(28)17-19)23-18-29-35(26(23)32-27)24-7-2-3-16-36-24;1-3-22(34)27-19-6-4-5-17(15-19)23-21-16-26-31-24(21)30-25(29-23)28-18-7-9-20(10-8-18)33-13-11-32(2)12-14-33;1-2-3(4)5/h3,6-8,10-13,19-20,27H,1,4-5,9,14-18H2,2H3,(H,32,39)(H,33,34,35);4-6,8-11,17-18,24H,2-3,7,12-16,28H2,1H3,(H,30,31,32);3-10,15-16H,1,11-14H2,2H3,(H,27,34)(H2,26,28,29,30,31);2H,1H2. The van der Waals surface area contributed by atoms with E-state index >= 15 is 0 Å². The number of likely N-dealkylation sites (N-methyl/N-ethyl adjacent to an activating group) is 3. The van der Waals surface area contributed by atoms with E-state index < -0.39 is 5.24 Å². The number of nitrogens with one attached hydrogen (secondary N) is 6. The first-order valence-electron chi connectivity index (χ1n) is 38.7. The number of nitrogen functional groups attached to an aromatic ring is 1. The third kappa shape index (κ3) is 20.1. The van der Waals surface area contributed by atoms with Crippen molar-refractivity contribution in [1.82, 2.24) is 74.4 Å². The third-order valence-electron chi connectivity index (χ3n) is 20.5. The van der Waals surface area contributed by atoms with E-state index in [4.69, 9.17) is 51.7 Å². The molecule has 592 valence electrons. The average Bonchev–Trinajstić information content (AvgIpc) is 1.70. The number of benzene rings is 6. The molecule has 12 aromatic rings. The molecule has 2 atom stereocenters. The molecule has 5 fully saturated rings. The zero-order valence-corrected chi connectivity index (χ0v) is 65.6. The Labute approximate surface area is 672 Å². The number of aromatic amines is 1. The fourth-order valence-electron chi connectivity index (χ4n) is 14.2. The van der Waals surface area contributed by atoms with Crippen molar-refractivity contribution in [3.63, 3.8) is 0 Å². The van der Waals surface area contributed by atoms with E-state index in [0.717, 1.165) is 197 Å². The van der Waals surface area contributed by atoms with Gasteiger partial charge in [0.15, 0.2) is 29.4 Å². The molecule has 17 rings (SSSR count). The summed E-state index contributed by atoms with van der Waals surface area (Å²) in [6, 6.07) is 48.1. The molecule has 5 aliphatic rings. The summed E-state index contributed by atoms with van der Waals surface area (Å²) in [5, 5.41) is 34.1. The van der Waals surface area contributed by atoms with E-state index in [1.165, 1.54) is 29.2 Å². The van der Waals surface area contributed by atoms with Crippen LogP contribution in [0.1, 0.15) is 51.0 Å². The van der Waals surface area contributed by atoms with Crippen molar-refractivity contribution in [1.29, 1.82) is 0 Å². The molecule has 6 aromatic carbocycles. The molecule has 2 amide bonds. The molecule has 2 unspecified atom stereocenters. The lowest BCUT2D eigenvalue weighted by Gasteiger charge is -2.34. The number of amides is 2. The number of H-pyrrole nitrogens is 1. The minimum atomic E-state index is -0.509. The quantitative estimate of drug-likeness (QED) is 0.0225. The summed E-state index contributed by atoms with van der Waals surface area (Å²) in [7, 11) is 6.49. The number of anilines is 12. The number of nitrogens with two attached hydrogens (primary N) is 1. The zero-order valence-electron chi connectivity index (χ0n) is 64.8. The lowest BCUT2D eigenvalue weighted by molar-refractivity contribution is -0.112. The lowest BCUT2D eigenvalue weighted by atomic mass is 10.1. The molecule has 0 spiro atoms. The van der Waals surface area contributed by atoms with Crippen LogP contribution in [-0.4, -0.2) is 204 Å². The smallest absolute Gasteiger partial charge is 0.247 e. The summed E-state index contributed by atoms with van der Waals surface area (Å²) >= 11 is 4.71. The van der Waals surface area contributed by atoms with Gasteiger partial charge in [0.25, 0.3) is 0 Å². The van der Waals surface area contributed by atoms with Crippen LogP contribution in [0.25, 0.3) is 66.9 Å². The number of hydrogen-bond acceptors (Lipinski definition) is 24. The Morgan fingerprint density at radius 3 is 1.19 bits per heavy atom. The molecule has 8 N–H and O–H groups in total. The van der Waals surface area contributed by atoms with Crippen molar-refractivity contribution in [3.8, 4) is 33.8 Å². The van der Waals surface area contributed by atoms with Crippen molar-refractivity contribution in [3.05, 3.63) is 202 Å². The fraction of sp³-hybridized carbons (Fsp3) is 0.294. The van der Waals surface area contributed by atoms with Crippen LogP contribution in [0.3, 0.4) is 0 Å². The first kappa shape index (κ1) is 79.1. The maximum atomic E-state index is 11.9. The minimum Gasteiger partial charge on any atom is -0.399 e. The summed E-state index contributed by atoms with van der Waals surface area (Å²) in [5.74, 6) is 0.905. The molecule has 0 saturated carbocycles. The zero-order chi connectivity index (χ0) is 79.7. The normalized spacial score (nSPS) is 16.7. The van der Waals surface area contributed by atoms with E-state index in [2.05, 4.69) is 183 Å². The van der Waals surface area contributed by atoms with Gasteiger partial charge in [-0.2, -0.15) is 30.2 Å². The molecule has 30 heteroatoms. The predicted octanol–water partition coefficient (Wildman–Crippen LogP) is 13.7. The molecule has 0 aliphatic carbocycles. The number of fused-ring (bicyclic) bond motifs is 3. The number of rotatable bonds is 19. The predicted molar refractivity (Wildman–Crippen MR) is 458 cm³/mol. The van der Waals surface area contributed by atoms with Crippen LogP contribution in [0.4, 0.5) is 69.0 Å². The monoisotopic (exact) mass is 1570 g/mol. The number of nitrogens with zero attached hydrogens (tertiary/aromatic N) is 17. The number of ether oxygens (including phenoxy) is 2. The van der Waals surface area contributed by atoms with Gasteiger partial charge >= 0.3 is 0 Å². The third-order valence-corrected chi connectivity index (χ3v) is 20.7. The number of aromatic nitrogens is 12. The van der Waals surface area contributed by atoms with E-state index in [1.54, 1.807) is 12.4 Å². The number of halogens is 1. The van der Waals surface area contributed by atoms with Crippen LogP contribution in [0.5, 0.6) is 0 Å². The van der Waals surface area contributed by atoms with Gasteiger partial charge in [0.05, 0.1) is 51.8 Å². The maximum Gasteiger partial charge on any atom is 0.247 e. The molecule has 0 bridgehead atoms. The number of piperazine rings is 3. The van der Waals surface area contributed by atoms with Gasteiger partial charge in [-0.25, -0.2) is 24.3 Å². The highest BCUT2D eigenvalue weighted by atomic mass is 35.5. The molecule has 115 heavy (non-hydrogen) atoms. The SMILES string of the molecule is C=CC(=O)Cl.C=CC(=O)Nc1cccc(-c2nc(Nc3ccc(N4CCN(C)CC4)cc3)nc3[nH]ncc23)c1.C=CC(=O)Nc1cccc(-c2nc(Nc3ccc(N4CCN(C)CC4)cc3)nc3c2cnn3C2CCCCO2)c1.CN1CCN(c2ccc(Nc3nc(-c4cccc(N)c4)c4cnn(C5CCCCO5)c4n3)cc2)CC1. The Morgan fingerprint density at radius 2 is 0.826 bits per heavy atom. The highest BCUT2D eigenvalue weighted by molar-refractivity contribution is 6.66. The molecular formula is C85H95ClN24O5. The summed E-state index contributed by atoms with van der Waals surface area (Å²) < 4.78 is 15.8. The van der Waals surface area contributed by atoms with Gasteiger partial charge in [0, 0.05) is 160 Å². The molecule has 11 heterocycles. The molecular weight excluding hydrogens is 1470 g/mol. The molecule has 5 saturated heterocycles. The summed E-state index contributed by atoms with van der Waals surface area (Å²) in [6.45, 7) is 24.2. The molecule has 5 aliphatic heterocycles. The van der Waals surface area contributed by atoms with Gasteiger partial charge in [-0.3, -0.25) is 19.5 Å². The fourth-order valence-corrected chi connectivity index (χ4v) is 14.2. The number of carbonyl (C=O) groups is 3. The van der Waals surface area contributed by atoms with E-state index in [-0.39, 0.29) is 24.3 Å². The van der Waals surface area contributed by atoms with E-state index in [0.29, 0.717) is 58.5 Å². The maximum absolute atomic E-state index is 11.9. The van der Waals surface area contributed by atoms with Crippen molar-refractivity contribution in [2.45, 2.75) is 51.0 Å². The van der Waals surface area contributed by atoms with Crippen LogP contribution >= 0.6 is 11.6 Å². The molecule has 6 aromatic heterocycles. The van der Waals surface area contributed by atoms with Crippen LogP contribution < -0.4 is 47.0 Å². The van der Waals surface area contributed by atoms with Crippen molar-refractivity contribution < 1.29 is 23.9 Å². The minimum absolute atomic E-state index is 0.115. The van der Waals surface area contributed by atoms with Crippen molar-refractivity contribution >= 4 is 131 Å².